The minimum atomic E-state index is -0.350. The van der Waals surface area contributed by atoms with Gasteiger partial charge < -0.3 is 24.6 Å². The molecular formula is C29H34NO4+. The van der Waals surface area contributed by atoms with E-state index in [-0.39, 0.29) is 17.6 Å². The van der Waals surface area contributed by atoms with Crippen LogP contribution in [0.1, 0.15) is 50.0 Å². The zero-order chi connectivity index (χ0) is 24.1. The van der Waals surface area contributed by atoms with Gasteiger partial charge in [-0.15, -0.1) is 0 Å². The van der Waals surface area contributed by atoms with Crippen LogP contribution >= 0.6 is 0 Å². The molecule has 0 aromatic heterocycles. The average molecular weight is 461 g/mol. The van der Waals surface area contributed by atoms with Gasteiger partial charge in [0.05, 0.1) is 13.1 Å². The minimum absolute atomic E-state index is 0.174. The van der Waals surface area contributed by atoms with E-state index in [1.165, 1.54) is 13.0 Å². The van der Waals surface area contributed by atoms with Gasteiger partial charge in [0.25, 0.3) is 0 Å². The molecule has 1 unspecified atom stereocenters. The summed E-state index contributed by atoms with van der Waals surface area (Å²) in [4.78, 5) is 1.55. The first kappa shape index (κ1) is 23.7. The summed E-state index contributed by atoms with van der Waals surface area (Å²) in [5, 5.41) is 19.8. The van der Waals surface area contributed by atoms with E-state index in [2.05, 4.69) is 20.8 Å². The van der Waals surface area contributed by atoms with Crippen LogP contribution in [0, 0.1) is 0 Å². The van der Waals surface area contributed by atoms with Crippen LogP contribution in [0.25, 0.3) is 11.1 Å². The molecule has 1 heterocycles. The maximum Gasteiger partial charge on any atom is 0.150 e. The van der Waals surface area contributed by atoms with Crippen LogP contribution in [0.15, 0.2) is 66.7 Å². The van der Waals surface area contributed by atoms with E-state index in [1.807, 2.05) is 42.5 Å². The summed E-state index contributed by atoms with van der Waals surface area (Å²) in [6, 6.07) is 20.5. The van der Waals surface area contributed by atoms with Crippen molar-refractivity contribution in [2.45, 2.75) is 33.3 Å². The van der Waals surface area contributed by atoms with E-state index < -0.39 is 0 Å². The zero-order valence-electron chi connectivity index (χ0n) is 20.2. The highest BCUT2D eigenvalue weighted by Crippen LogP contribution is 2.47. The Balaban J connectivity index is 1.60. The van der Waals surface area contributed by atoms with Crippen LogP contribution in [0.5, 0.6) is 23.0 Å². The van der Waals surface area contributed by atoms with Gasteiger partial charge in [-0.3, -0.25) is 0 Å². The fourth-order valence-corrected chi connectivity index (χ4v) is 4.57. The Labute approximate surface area is 201 Å². The van der Waals surface area contributed by atoms with E-state index in [9.17, 15) is 10.2 Å². The van der Waals surface area contributed by atoms with E-state index in [0.29, 0.717) is 12.4 Å². The number of allylic oxidation sites excluding steroid dienone is 1. The lowest BCUT2D eigenvalue weighted by Gasteiger charge is -2.31. The number of aromatic hydroxyl groups is 2. The molecule has 1 aliphatic heterocycles. The summed E-state index contributed by atoms with van der Waals surface area (Å²) >= 11 is 0. The molecule has 0 spiro atoms. The molecule has 0 saturated carbocycles. The maximum absolute atomic E-state index is 10.0. The first-order valence-corrected chi connectivity index (χ1v) is 12.1. The topological polar surface area (TPSA) is 63.4 Å². The Kier molecular flexibility index (Phi) is 7.43. The number of hydrogen-bond donors (Lipinski definition) is 3. The summed E-state index contributed by atoms with van der Waals surface area (Å²) in [7, 11) is 0. The summed E-state index contributed by atoms with van der Waals surface area (Å²) < 4.78 is 12.4. The second-order valence-electron chi connectivity index (χ2n) is 8.78. The monoisotopic (exact) mass is 460 g/mol. The van der Waals surface area contributed by atoms with Crippen LogP contribution in [-0.4, -0.2) is 36.5 Å². The predicted octanol–water partition coefficient (Wildman–Crippen LogP) is 4.86. The van der Waals surface area contributed by atoms with Crippen molar-refractivity contribution in [3.05, 3.63) is 83.4 Å². The molecule has 0 aliphatic carbocycles. The second kappa shape index (κ2) is 10.7. The number of likely N-dealkylation sites (N-methyl/N-ethyl adjacent to an activating group) is 1. The highest BCUT2D eigenvalue weighted by atomic mass is 16.5. The van der Waals surface area contributed by atoms with E-state index in [0.717, 1.165) is 46.7 Å². The second-order valence-corrected chi connectivity index (χ2v) is 8.78. The summed E-state index contributed by atoms with van der Waals surface area (Å²) in [6.45, 7) is 10.5. The molecule has 34 heavy (non-hydrogen) atoms. The Bertz CT molecular complexity index is 1140. The normalized spacial score (nSPS) is 16.0. The van der Waals surface area contributed by atoms with Crippen LogP contribution in [0.2, 0.25) is 0 Å². The van der Waals surface area contributed by atoms with Crippen molar-refractivity contribution in [2.24, 2.45) is 0 Å². The lowest BCUT2D eigenvalue weighted by atomic mass is 9.86. The molecule has 1 aliphatic rings. The Hall–Kier alpha value is -3.44. The van der Waals surface area contributed by atoms with E-state index >= 15 is 0 Å². The maximum atomic E-state index is 10.0. The largest absolute Gasteiger partial charge is 0.508 e. The summed E-state index contributed by atoms with van der Waals surface area (Å²) in [5.74, 6) is 1.90. The van der Waals surface area contributed by atoms with Gasteiger partial charge >= 0.3 is 0 Å². The van der Waals surface area contributed by atoms with Crippen molar-refractivity contribution in [1.82, 2.24) is 0 Å². The van der Waals surface area contributed by atoms with Gasteiger partial charge in [-0.1, -0.05) is 31.2 Å². The number of phenols is 2. The molecule has 2 atom stereocenters. The number of ether oxygens (including phenoxy) is 2. The first-order valence-electron chi connectivity index (χ1n) is 12.1. The van der Waals surface area contributed by atoms with Gasteiger partial charge in [0.15, 0.2) is 0 Å². The standard InChI is InChI=1S/C29H33NO4/c1-4-16-30(5-2)17-18-33-25-13-8-22(9-14-25)29-28(21-6-10-23(31)11-7-21)20(3)26-15-12-24(32)19-27(26)34-29/h6-15,19,29,31-32H,4-5,16-18H2,1-3H3/p+1/t29-/m1/s1. The quantitative estimate of drug-likeness (QED) is 0.427. The fourth-order valence-electron chi connectivity index (χ4n) is 4.57. The molecule has 0 fully saturated rings. The lowest BCUT2D eigenvalue weighted by molar-refractivity contribution is -0.898. The first-order chi connectivity index (χ1) is 16.5. The molecule has 3 N–H and O–H groups in total. The third kappa shape index (κ3) is 5.20. The number of quaternary nitrogens is 1. The van der Waals surface area contributed by atoms with Crippen LogP contribution in [-0.2, 0) is 0 Å². The molecular weight excluding hydrogens is 426 g/mol. The summed E-state index contributed by atoms with van der Waals surface area (Å²) in [6.07, 6.45) is 0.827. The third-order valence-corrected chi connectivity index (χ3v) is 6.47. The van der Waals surface area contributed by atoms with Gasteiger partial charge in [-0.2, -0.15) is 0 Å². The van der Waals surface area contributed by atoms with Gasteiger partial charge in [-0.05, 0) is 73.4 Å². The fraction of sp³-hybridized carbons (Fsp3) is 0.310. The molecule has 5 nitrogen and oxygen atoms in total. The number of nitrogens with one attached hydrogen (secondary N) is 1. The molecule has 3 aromatic carbocycles. The van der Waals surface area contributed by atoms with Gasteiger partial charge in [0.1, 0.15) is 42.3 Å². The van der Waals surface area contributed by atoms with Crippen molar-refractivity contribution in [3.63, 3.8) is 0 Å². The molecule has 0 amide bonds. The average Bonchev–Trinajstić information content (AvgIpc) is 2.84. The number of rotatable bonds is 9. The molecule has 5 heteroatoms. The number of phenolic OH excluding ortho intramolecular Hbond substituents is 2. The van der Waals surface area contributed by atoms with Crippen LogP contribution < -0.4 is 14.4 Å². The SMILES string of the molecule is CCC[NH+](CC)CCOc1ccc([C@H]2Oc3cc(O)ccc3C(C)=C2c2ccc(O)cc2)cc1. The van der Waals surface area contributed by atoms with Crippen molar-refractivity contribution in [1.29, 1.82) is 0 Å². The molecule has 4 rings (SSSR count). The van der Waals surface area contributed by atoms with Gasteiger partial charge in [0, 0.05) is 17.2 Å². The molecule has 0 saturated heterocycles. The van der Waals surface area contributed by atoms with Crippen LogP contribution in [0.4, 0.5) is 0 Å². The van der Waals surface area contributed by atoms with Gasteiger partial charge in [0.2, 0.25) is 0 Å². The van der Waals surface area contributed by atoms with E-state index in [4.69, 9.17) is 9.47 Å². The Morgan fingerprint density at radius 1 is 0.882 bits per heavy atom. The predicted molar refractivity (Wildman–Crippen MR) is 136 cm³/mol. The summed E-state index contributed by atoms with van der Waals surface area (Å²) in [5.41, 5.74) is 5.05. The van der Waals surface area contributed by atoms with E-state index in [1.54, 1.807) is 29.2 Å². The molecule has 0 radical (unpaired) electrons. The molecule has 178 valence electrons. The molecule has 0 bridgehead atoms. The molecule has 3 aromatic rings. The lowest BCUT2D eigenvalue weighted by Crippen LogP contribution is -3.12. The number of hydrogen-bond acceptors (Lipinski definition) is 4. The number of benzene rings is 3. The van der Waals surface area contributed by atoms with Crippen molar-refractivity contribution in [3.8, 4) is 23.0 Å². The van der Waals surface area contributed by atoms with Crippen molar-refractivity contribution < 1.29 is 24.6 Å². The highest BCUT2D eigenvalue weighted by molar-refractivity contribution is 5.95. The minimum Gasteiger partial charge on any atom is -0.508 e. The smallest absolute Gasteiger partial charge is 0.150 e. The van der Waals surface area contributed by atoms with Crippen molar-refractivity contribution >= 4 is 11.1 Å². The highest BCUT2D eigenvalue weighted by Gasteiger charge is 2.29. The van der Waals surface area contributed by atoms with Crippen LogP contribution in [0.3, 0.4) is 0 Å². The van der Waals surface area contributed by atoms with Crippen molar-refractivity contribution in [2.75, 3.05) is 26.2 Å². The third-order valence-electron chi connectivity index (χ3n) is 6.47. The Morgan fingerprint density at radius 2 is 1.59 bits per heavy atom. The Morgan fingerprint density at radius 3 is 2.26 bits per heavy atom. The van der Waals surface area contributed by atoms with Gasteiger partial charge in [-0.25, -0.2) is 0 Å². The zero-order valence-corrected chi connectivity index (χ0v) is 20.2. The number of fused-ring (bicyclic) bond motifs is 1.